The van der Waals surface area contributed by atoms with Crippen LogP contribution >= 0.6 is 0 Å². The number of cyclic esters (lactones) is 1. The molecular weight excluding hydrogens is 410 g/mol. The maximum atomic E-state index is 12.5. The second-order valence-electron chi connectivity index (χ2n) is 7.73. The number of guanidine groups is 1. The number of nitrogens with one attached hydrogen (secondary N) is 1. The zero-order chi connectivity index (χ0) is 23.2. The number of benzene rings is 1. The van der Waals surface area contributed by atoms with Gasteiger partial charge in [-0.05, 0) is 24.8 Å². The van der Waals surface area contributed by atoms with Gasteiger partial charge in [0.25, 0.3) is 0 Å². The van der Waals surface area contributed by atoms with E-state index in [0.717, 1.165) is 31.2 Å². The molecule has 0 fully saturated rings. The fraction of sp³-hybridized carbons (Fsp3) is 0.500. The van der Waals surface area contributed by atoms with Gasteiger partial charge in [0.2, 0.25) is 11.9 Å². The van der Waals surface area contributed by atoms with Crippen LogP contribution in [0.5, 0.6) is 0 Å². The van der Waals surface area contributed by atoms with Crippen LogP contribution in [0, 0.1) is 0 Å². The molecule has 0 saturated carbocycles. The summed E-state index contributed by atoms with van der Waals surface area (Å²) in [7, 11) is 1.57. The smallest absolute Gasteiger partial charge is 0.437 e. The molecule has 1 aromatic carbocycles. The minimum atomic E-state index is -0.853. The van der Waals surface area contributed by atoms with Gasteiger partial charge in [0, 0.05) is 19.9 Å². The van der Waals surface area contributed by atoms with Crippen molar-refractivity contribution in [2.45, 2.75) is 64.6 Å². The number of nitrogens with zero attached hydrogens (tertiary/aromatic N) is 2. The van der Waals surface area contributed by atoms with Gasteiger partial charge in [-0.2, -0.15) is 0 Å². The Bertz CT molecular complexity index is 807. The molecule has 1 aliphatic heterocycles. The van der Waals surface area contributed by atoms with Crippen LogP contribution in [0.3, 0.4) is 0 Å². The highest BCUT2D eigenvalue weighted by Crippen LogP contribution is 2.12. The first-order chi connectivity index (χ1) is 15.5. The number of rotatable bonds is 5. The molecule has 0 spiro atoms. The predicted molar refractivity (Wildman–Crippen MR) is 122 cm³/mol. The van der Waals surface area contributed by atoms with Gasteiger partial charge in [0.05, 0.1) is 0 Å². The third-order valence-electron chi connectivity index (χ3n) is 4.90. The molecule has 0 aliphatic carbocycles. The van der Waals surface area contributed by atoms with E-state index in [4.69, 9.17) is 9.47 Å². The average molecular weight is 444 g/mol. The Hall–Kier alpha value is -3.16. The standard InChI is InChI=1S/C24H33N3O5/c1-3-4-14-20-15-10-5-6-11-16-21(28)25-23(27(2)17-22(29)32-20)26-24(30)31-18-19-12-8-7-9-13-19/h5,7-10,12-13,20H,3-4,6,11,14-18H2,1-2H3,(H,25,26,28,30)/b10-5+. The van der Waals surface area contributed by atoms with Gasteiger partial charge in [-0.15, -0.1) is 4.99 Å². The van der Waals surface area contributed by atoms with Gasteiger partial charge >= 0.3 is 12.1 Å². The number of unbranched alkanes of at least 4 members (excludes halogenated alkanes) is 1. The lowest BCUT2D eigenvalue weighted by molar-refractivity contribution is -0.149. The number of allylic oxidation sites excluding steroid dienone is 1. The summed E-state index contributed by atoms with van der Waals surface area (Å²) in [5.41, 5.74) is 0.819. The van der Waals surface area contributed by atoms with E-state index < -0.39 is 12.1 Å². The summed E-state index contributed by atoms with van der Waals surface area (Å²) in [4.78, 5) is 42.3. The molecule has 0 radical (unpaired) electrons. The van der Waals surface area contributed by atoms with Crippen molar-refractivity contribution in [3.63, 3.8) is 0 Å². The maximum absolute atomic E-state index is 12.5. The lowest BCUT2D eigenvalue weighted by Crippen LogP contribution is -2.45. The van der Waals surface area contributed by atoms with Gasteiger partial charge in [-0.25, -0.2) is 4.79 Å². The predicted octanol–water partition coefficient (Wildman–Crippen LogP) is 3.96. The Labute approximate surface area is 189 Å². The number of amides is 2. The van der Waals surface area contributed by atoms with Gasteiger partial charge in [0.15, 0.2) is 0 Å². The Morgan fingerprint density at radius 3 is 2.78 bits per heavy atom. The Kier molecular flexibility index (Phi) is 11.0. The number of aliphatic imine (C=N–C) groups is 1. The number of carbonyl (C=O) groups is 3. The van der Waals surface area contributed by atoms with E-state index >= 15 is 0 Å². The molecule has 0 bridgehead atoms. The average Bonchev–Trinajstić information content (AvgIpc) is 2.77. The molecule has 1 N–H and O–H groups in total. The van der Waals surface area contributed by atoms with E-state index in [9.17, 15) is 14.4 Å². The van der Waals surface area contributed by atoms with Crippen LogP contribution in [0.1, 0.15) is 57.4 Å². The molecule has 8 heteroatoms. The van der Waals surface area contributed by atoms with Crippen LogP contribution in [0.25, 0.3) is 0 Å². The molecule has 1 heterocycles. The lowest BCUT2D eigenvalue weighted by Gasteiger charge is -2.23. The number of likely N-dealkylation sites (N-methyl/N-ethyl adjacent to an activating group) is 1. The first kappa shape index (κ1) is 25.1. The molecule has 32 heavy (non-hydrogen) atoms. The SMILES string of the molecule is CCCCC1C/C=C/CCCC(=O)N/C(=N/C(=O)OCc2ccccc2)N(C)CC(=O)O1. The summed E-state index contributed by atoms with van der Waals surface area (Å²) in [6.07, 6.45) is 8.08. The third kappa shape index (κ3) is 9.76. The topological polar surface area (TPSA) is 97.3 Å². The quantitative estimate of drug-likeness (QED) is 0.546. The van der Waals surface area contributed by atoms with E-state index in [1.165, 1.54) is 4.90 Å². The van der Waals surface area contributed by atoms with Gasteiger partial charge in [-0.3, -0.25) is 14.9 Å². The zero-order valence-corrected chi connectivity index (χ0v) is 18.9. The maximum Gasteiger partial charge on any atom is 0.437 e. The molecule has 2 rings (SSSR count). The van der Waals surface area contributed by atoms with Crippen LogP contribution in [0.4, 0.5) is 4.79 Å². The zero-order valence-electron chi connectivity index (χ0n) is 18.9. The largest absolute Gasteiger partial charge is 0.461 e. The highest BCUT2D eigenvalue weighted by Gasteiger charge is 2.20. The first-order valence-corrected chi connectivity index (χ1v) is 11.1. The number of hydrogen-bond donors (Lipinski definition) is 1. The fourth-order valence-corrected chi connectivity index (χ4v) is 3.13. The van der Waals surface area contributed by atoms with Crippen LogP contribution < -0.4 is 5.32 Å². The highest BCUT2D eigenvalue weighted by molar-refractivity contribution is 6.01. The summed E-state index contributed by atoms with van der Waals surface area (Å²) >= 11 is 0. The molecule has 1 unspecified atom stereocenters. The Morgan fingerprint density at radius 1 is 1.25 bits per heavy atom. The van der Waals surface area contributed by atoms with Crippen molar-refractivity contribution in [3.05, 3.63) is 48.0 Å². The molecule has 2 amide bonds. The van der Waals surface area contributed by atoms with Gasteiger partial charge < -0.3 is 14.4 Å². The number of ether oxygens (including phenoxy) is 2. The van der Waals surface area contributed by atoms with Crippen LogP contribution in [-0.4, -0.2) is 48.5 Å². The third-order valence-corrected chi connectivity index (χ3v) is 4.90. The van der Waals surface area contributed by atoms with E-state index in [1.54, 1.807) is 7.05 Å². The monoisotopic (exact) mass is 443 g/mol. The normalized spacial score (nSPS) is 20.8. The Morgan fingerprint density at radius 2 is 2.03 bits per heavy atom. The highest BCUT2D eigenvalue weighted by atomic mass is 16.5. The summed E-state index contributed by atoms with van der Waals surface area (Å²) in [5.74, 6) is -0.771. The van der Waals surface area contributed by atoms with Crippen molar-refractivity contribution in [1.29, 1.82) is 0 Å². The van der Waals surface area contributed by atoms with E-state index in [2.05, 4.69) is 17.2 Å². The van der Waals surface area contributed by atoms with Crippen molar-refractivity contribution in [3.8, 4) is 0 Å². The second-order valence-corrected chi connectivity index (χ2v) is 7.73. The number of carbonyl (C=O) groups excluding carboxylic acids is 3. The first-order valence-electron chi connectivity index (χ1n) is 11.1. The van der Waals surface area contributed by atoms with E-state index in [0.29, 0.717) is 12.8 Å². The van der Waals surface area contributed by atoms with Gasteiger partial charge in [0.1, 0.15) is 19.3 Å². The van der Waals surface area contributed by atoms with Crippen LogP contribution in [0.2, 0.25) is 0 Å². The number of hydrogen-bond acceptors (Lipinski definition) is 5. The summed E-state index contributed by atoms with van der Waals surface area (Å²) < 4.78 is 10.8. The minimum Gasteiger partial charge on any atom is -0.461 e. The van der Waals surface area contributed by atoms with Crippen molar-refractivity contribution in [2.75, 3.05) is 13.6 Å². The van der Waals surface area contributed by atoms with Crippen molar-refractivity contribution in [1.82, 2.24) is 10.2 Å². The molecule has 0 aromatic heterocycles. The summed E-state index contributed by atoms with van der Waals surface area (Å²) in [6.45, 7) is 2.00. The fourth-order valence-electron chi connectivity index (χ4n) is 3.13. The second kappa shape index (κ2) is 14.0. The van der Waals surface area contributed by atoms with Crippen LogP contribution in [0.15, 0.2) is 47.5 Å². The minimum absolute atomic E-state index is 0.0391. The van der Waals surface area contributed by atoms with Gasteiger partial charge in [-0.1, -0.05) is 62.2 Å². The van der Waals surface area contributed by atoms with Crippen molar-refractivity contribution in [2.24, 2.45) is 4.99 Å². The lowest BCUT2D eigenvalue weighted by atomic mass is 10.1. The van der Waals surface area contributed by atoms with E-state index in [-0.39, 0.29) is 37.5 Å². The molecule has 1 aliphatic rings. The summed E-state index contributed by atoms with van der Waals surface area (Å²) in [6, 6.07) is 9.21. The molecular formula is C24H33N3O5. The molecule has 1 aromatic rings. The van der Waals surface area contributed by atoms with Crippen molar-refractivity contribution >= 4 is 23.9 Å². The van der Waals surface area contributed by atoms with Crippen molar-refractivity contribution < 1.29 is 23.9 Å². The molecule has 0 saturated heterocycles. The number of esters is 1. The Balaban J connectivity index is 2.09. The molecule has 1 atom stereocenters. The summed E-state index contributed by atoms with van der Waals surface area (Å²) in [5, 5.41) is 2.62. The van der Waals surface area contributed by atoms with Crippen LogP contribution in [-0.2, 0) is 25.7 Å². The molecule has 8 nitrogen and oxygen atoms in total. The van der Waals surface area contributed by atoms with E-state index in [1.807, 2.05) is 42.5 Å². The molecule has 174 valence electrons.